The third-order valence-corrected chi connectivity index (χ3v) is 4.17. The monoisotopic (exact) mass is 232 g/mol. The molecule has 2 nitrogen and oxygen atoms in total. The minimum absolute atomic E-state index is 0.111. The van der Waals surface area contributed by atoms with Gasteiger partial charge in [0.05, 0.1) is 0 Å². The molecule has 0 aliphatic heterocycles. The number of hydrogen-bond acceptors (Lipinski definition) is 4. The van der Waals surface area contributed by atoms with Crippen LogP contribution < -0.4 is 0 Å². The Labute approximate surface area is 93.6 Å². The number of aryl methyl sites for hydroxylation is 2. The van der Waals surface area contributed by atoms with Crippen LogP contribution in [0.25, 0.3) is 0 Å². The Balaban J connectivity index is 2.48. The van der Waals surface area contributed by atoms with Crippen LogP contribution in [0.5, 0.6) is 0 Å². The largest absolute Gasteiger partial charge is 0.355 e. The van der Waals surface area contributed by atoms with Crippen LogP contribution in [-0.4, -0.2) is 26.3 Å². The van der Waals surface area contributed by atoms with Gasteiger partial charge in [-0.15, -0.1) is 23.1 Å². The van der Waals surface area contributed by atoms with Gasteiger partial charge in [-0.05, 0) is 19.9 Å². The van der Waals surface area contributed by atoms with Crippen molar-refractivity contribution < 1.29 is 9.47 Å². The van der Waals surface area contributed by atoms with Crippen molar-refractivity contribution in [2.45, 2.75) is 25.0 Å². The number of thioether (sulfide) groups is 1. The predicted molar refractivity (Wildman–Crippen MR) is 62.3 cm³/mol. The van der Waals surface area contributed by atoms with Gasteiger partial charge >= 0.3 is 0 Å². The normalized spacial score (nSPS) is 11.2. The Hall–Kier alpha value is -0.0300. The molecule has 4 heteroatoms. The second-order valence-corrected chi connectivity index (χ2v) is 5.51. The van der Waals surface area contributed by atoms with Crippen LogP contribution in [-0.2, 0) is 9.47 Å². The third kappa shape index (κ3) is 3.28. The van der Waals surface area contributed by atoms with Crippen LogP contribution in [0.1, 0.15) is 9.75 Å². The van der Waals surface area contributed by atoms with E-state index in [1.807, 2.05) is 11.3 Å². The molecule has 0 atom stereocenters. The Morgan fingerprint density at radius 3 is 2.43 bits per heavy atom. The molecule has 0 spiro atoms. The van der Waals surface area contributed by atoms with E-state index in [0.717, 1.165) is 5.75 Å². The van der Waals surface area contributed by atoms with Crippen molar-refractivity contribution in [3.05, 3.63) is 15.8 Å². The predicted octanol–water partition coefficient (Wildman–Crippen LogP) is 3.08. The van der Waals surface area contributed by atoms with Gasteiger partial charge in [-0.1, -0.05) is 0 Å². The Bertz CT molecular complexity index is 280. The highest BCUT2D eigenvalue weighted by atomic mass is 32.2. The highest BCUT2D eigenvalue weighted by molar-refractivity contribution is 7.99. The summed E-state index contributed by atoms with van der Waals surface area (Å²) in [6.07, 6.45) is -0.111. The van der Waals surface area contributed by atoms with Crippen LogP contribution >= 0.6 is 23.1 Å². The van der Waals surface area contributed by atoms with Gasteiger partial charge in [-0.2, -0.15) is 0 Å². The van der Waals surface area contributed by atoms with Crippen LogP contribution in [0.4, 0.5) is 0 Å². The second-order valence-electron chi connectivity index (χ2n) is 2.99. The van der Waals surface area contributed by atoms with E-state index in [2.05, 4.69) is 19.9 Å². The molecule has 0 N–H and O–H groups in total. The van der Waals surface area contributed by atoms with Gasteiger partial charge in [-0.25, -0.2) is 0 Å². The number of hydrogen-bond donors (Lipinski definition) is 0. The number of rotatable bonds is 5. The number of methoxy groups -OCH3 is 2. The smallest absolute Gasteiger partial charge is 0.166 e. The Morgan fingerprint density at radius 2 is 2.00 bits per heavy atom. The molecule has 0 bridgehead atoms. The number of ether oxygens (including phenoxy) is 2. The maximum absolute atomic E-state index is 5.13. The molecule has 14 heavy (non-hydrogen) atoms. The summed E-state index contributed by atoms with van der Waals surface area (Å²) in [6, 6.07) is 2.22. The van der Waals surface area contributed by atoms with Gasteiger partial charge in [-0.3, -0.25) is 0 Å². The van der Waals surface area contributed by atoms with E-state index in [0.29, 0.717) is 0 Å². The van der Waals surface area contributed by atoms with E-state index >= 15 is 0 Å². The van der Waals surface area contributed by atoms with Gasteiger partial charge in [0.15, 0.2) is 6.29 Å². The summed E-state index contributed by atoms with van der Waals surface area (Å²) in [5.41, 5.74) is 0. The highest BCUT2D eigenvalue weighted by Gasteiger charge is 2.08. The van der Waals surface area contributed by atoms with Gasteiger partial charge < -0.3 is 9.47 Å². The summed E-state index contributed by atoms with van der Waals surface area (Å²) in [5, 5.41) is 0. The van der Waals surface area contributed by atoms with Gasteiger partial charge in [0, 0.05) is 34.6 Å². The molecule has 0 amide bonds. The molecule has 0 radical (unpaired) electrons. The molecular formula is C10H16O2S2. The average Bonchev–Trinajstić information content (AvgIpc) is 2.47. The van der Waals surface area contributed by atoms with E-state index in [-0.39, 0.29) is 6.29 Å². The fourth-order valence-electron chi connectivity index (χ4n) is 1.14. The fraction of sp³-hybridized carbons (Fsp3) is 0.600. The Morgan fingerprint density at radius 1 is 1.36 bits per heavy atom. The minimum Gasteiger partial charge on any atom is -0.355 e. The molecule has 0 saturated heterocycles. The molecule has 0 saturated carbocycles. The molecule has 1 aromatic heterocycles. The molecule has 0 aliphatic rings. The quantitative estimate of drug-likeness (QED) is 0.574. The van der Waals surface area contributed by atoms with Crippen molar-refractivity contribution in [1.82, 2.24) is 0 Å². The third-order valence-electron chi connectivity index (χ3n) is 1.90. The van der Waals surface area contributed by atoms with E-state index in [9.17, 15) is 0 Å². The van der Waals surface area contributed by atoms with E-state index in [1.165, 1.54) is 14.6 Å². The maximum Gasteiger partial charge on any atom is 0.166 e. The highest BCUT2D eigenvalue weighted by Crippen LogP contribution is 2.30. The second kappa shape index (κ2) is 5.75. The topological polar surface area (TPSA) is 18.5 Å². The standard InChI is InChI=1S/C10H16O2S2/c1-7-5-9(8(2)14-7)13-6-10(11-3)12-4/h5,10H,6H2,1-4H3. The lowest BCUT2D eigenvalue weighted by molar-refractivity contribution is -0.0842. The zero-order chi connectivity index (χ0) is 10.6. The minimum atomic E-state index is -0.111. The molecule has 1 rings (SSSR count). The molecule has 0 aliphatic carbocycles. The first-order valence-corrected chi connectivity index (χ1v) is 6.23. The first kappa shape index (κ1) is 12.0. The van der Waals surface area contributed by atoms with Crippen LogP contribution in [0.3, 0.4) is 0 Å². The van der Waals surface area contributed by atoms with E-state index < -0.39 is 0 Å². The lowest BCUT2D eigenvalue weighted by atomic mass is 10.4. The lowest BCUT2D eigenvalue weighted by Crippen LogP contribution is -2.15. The maximum atomic E-state index is 5.13. The molecule has 0 fully saturated rings. The van der Waals surface area contributed by atoms with Gasteiger partial charge in [0.2, 0.25) is 0 Å². The average molecular weight is 232 g/mol. The first-order chi connectivity index (χ1) is 6.67. The molecule has 1 heterocycles. The van der Waals surface area contributed by atoms with Crippen molar-refractivity contribution in [2.24, 2.45) is 0 Å². The van der Waals surface area contributed by atoms with Gasteiger partial charge in [0.1, 0.15) is 0 Å². The fourth-order valence-corrected chi connectivity index (χ4v) is 3.39. The summed E-state index contributed by atoms with van der Waals surface area (Å²) in [7, 11) is 3.33. The van der Waals surface area contributed by atoms with Crippen molar-refractivity contribution in [3.63, 3.8) is 0 Å². The zero-order valence-electron chi connectivity index (χ0n) is 8.99. The summed E-state index contributed by atoms with van der Waals surface area (Å²) >= 11 is 3.62. The van der Waals surface area contributed by atoms with Crippen molar-refractivity contribution in [3.8, 4) is 0 Å². The summed E-state index contributed by atoms with van der Waals surface area (Å²) < 4.78 is 10.3. The lowest BCUT2D eigenvalue weighted by Gasteiger charge is -2.12. The van der Waals surface area contributed by atoms with Crippen LogP contribution in [0, 0.1) is 13.8 Å². The Kier molecular flexibility index (Phi) is 4.95. The summed E-state index contributed by atoms with van der Waals surface area (Å²) in [6.45, 7) is 4.28. The van der Waals surface area contributed by atoms with E-state index in [1.54, 1.807) is 26.0 Å². The first-order valence-electron chi connectivity index (χ1n) is 4.42. The van der Waals surface area contributed by atoms with Crippen molar-refractivity contribution in [2.75, 3.05) is 20.0 Å². The molecule has 80 valence electrons. The van der Waals surface area contributed by atoms with Crippen LogP contribution in [0.15, 0.2) is 11.0 Å². The molecule has 0 aromatic carbocycles. The summed E-state index contributed by atoms with van der Waals surface area (Å²) in [5.74, 6) is 0.837. The van der Waals surface area contributed by atoms with Crippen LogP contribution in [0.2, 0.25) is 0 Å². The van der Waals surface area contributed by atoms with Crippen molar-refractivity contribution in [1.29, 1.82) is 0 Å². The van der Waals surface area contributed by atoms with Gasteiger partial charge in [0.25, 0.3) is 0 Å². The van der Waals surface area contributed by atoms with Crippen molar-refractivity contribution >= 4 is 23.1 Å². The SMILES string of the molecule is COC(CSc1cc(C)sc1C)OC. The van der Waals surface area contributed by atoms with E-state index in [4.69, 9.17) is 9.47 Å². The molecule has 1 aromatic rings. The molecular weight excluding hydrogens is 216 g/mol. The molecule has 0 unspecified atom stereocenters. The summed E-state index contributed by atoms with van der Waals surface area (Å²) in [4.78, 5) is 4.07. The zero-order valence-corrected chi connectivity index (χ0v) is 10.6. The number of thiophene rings is 1.